The number of likely N-dealkylation sites (N-methyl/N-ethyl adjacent to an activating group) is 1. The van der Waals surface area contributed by atoms with Gasteiger partial charge in [0.15, 0.2) is 5.03 Å². The molecule has 232 valence electrons. The van der Waals surface area contributed by atoms with Crippen LogP contribution in [0.15, 0.2) is 35.7 Å². The molecule has 0 bridgehead atoms. The third-order valence-electron chi connectivity index (χ3n) is 7.75. The summed E-state index contributed by atoms with van der Waals surface area (Å²) < 4.78 is 41.0. The van der Waals surface area contributed by atoms with E-state index in [0.29, 0.717) is 43.2 Å². The fourth-order valence-electron chi connectivity index (χ4n) is 5.07. The molecule has 42 heavy (non-hydrogen) atoms. The van der Waals surface area contributed by atoms with Gasteiger partial charge in [-0.2, -0.15) is 4.31 Å². The van der Waals surface area contributed by atoms with Crippen LogP contribution in [0.2, 0.25) is 0 Å². The molecule has 3 atom stereocenters. The van der Waals surface area contributed by atoms with Crippen molar-refractivity contribution >= 4 is 27.5 Å². The molecule has 1 aromatic carbocycles. The SMILES string of the molecule is C[C@@H]1CN([C@H](C)CO)C(=O)Cc2cc(NC(=O)CCN3CCOCC3)ccc2O[C@H]1CN(C)S(=O)(=O)c1cn(C)cn1. The molecule has 2 N–H and O–H groups in total. The van der Waals surface area contributed by atoms with E-state index in [1.165, 1.54) is 23.9 Å². The number of amides is 2. The van der Waals surface area contributed by atoms with Crippen molar-refractivity contribution in [1.82, 2.24) is 23.7 Å². The van der Waals surface area contributed by atoms with Crippen LogP contribution in [-0.4, -0.2) is 121 Å². The Bertz CT molecular complexity index is 1340. The van der Waals surface area contributed by atoms with E-state index in [2.05, 4.69) is 15.2 Å². The van der Waals surface area contributed by atoms with Crippen LogP contribution in [0.1, 0.15) is 25.8 Å². The molecule has 2 aliphatic rings. The minimum absolute atomic E-state index is 0.00131. The van der Waals surface area contributed by atoms with Crippen LogP contribution in [0, 0.1) is 5.92 Å². The van der Waals surface area contributed by atoms with E-state index in [4.69, 9.17) is 9.47 Å². The highest BCUT2D eigenvalue weighted by atomic mass is 32.2. The average molecular weight is 607 g/mol. The Morgan fingerprint density at radius 2 is 2.02 bits per heavy atom. The van der Waals surface area contributed by atoms with Crippen LogP contribution >= 0.6 is 0 Å². The van der Waals surface area contributed by atoms with Crippen LogP contribution in [0.3, 0.4) is 0 Å². The lowest BCUT2D eigenvalue weighted by atomic mass is 10.0. The topological polar surface area (TPSA) is 147 Å². The molecule has 14 heteroatoms. The third kappa shape index (κ3) is 7.86. The summed E-state index contributed by atoms with van der Waals surface area (Å²) in [7, 11) is -0.714. The number of carbonyl (C=O) groups is 2. The first-order chi connectivity index (χ1) is 20.0. The van der Waals surface area contributed by atoms with Crippen LogP contribution in [-0.2, 0) is 37.8 Å². The van der Waals surface area contributed by atoms with Crippen molar-refractivity contribution < 1.29 is 32.6 Å². The number of aryl methyl sites for hydroxylation is 1. The zero-order valence-electron chi connectivity index (χ0n) is 24.7. The number of carbonyl (C=O) groups excluding carboxylic acids is 2. The van der Waals surface area contributed by atoms with Crippen molar-refractivity contribution in [3.05, 3.63) is 36.3 Å². The number of nitrogens with one attached hydrogen (secondary N) is 1. The molecule has 13 nitrogen and oxygen atoms in total. The van der Waals surface area contributed by atoms with Gasteiger partial charge in [-0.3, -0.25) is 14.5 Å². The molecule has 0 radical (unpaired) electrons. The number of benzene rings is 1. The summed E-state index contributed by atoms with van der Waals surface area (Å²) in [5.74, 6) is -0.178. The summed E-state index contributed by atoms with van der Waals surface area (Å²) >= 11 is 0. The number of ether oxygens (including phenoxy) is 2. The molecule has 0 aliphatic carbocycles. The summed E-state index contributed by atoms with van der Waals surface area (Å²) in [5.41, 5.74) is 1.10. The highest BCUT2D eigenvalue weighted by molar-refractivity contribution is 7.89. The molecule has 0 saturated carbocycles. The van der Waals surface area contributed by atoms with Crippen molar-refractivity contribution in [3.63, 3.8) is 0 Å². The second kappa shape index (κ2) is 14.0. The smallest absolute Gasteiger partial charge is 0.261 e. The number of aliphatic hydroxyl groups is 1. The second-order valence-corrected chi connectivity index (χ2v) is 13.1. The largest absolute Gasteiger partial charge is 0.488 e. The highest BCUT2D eigenvalue weighted by Gasteiger charge is 2.34. The van der Waals surface area contributed by atoms with Gasteiger partial charge in [-0.05, 0) is 25.1 Å². The van der Waals surface area contributed by atoms with Gasteiger partial charge in [0.25, 0.3) is 10.0 Å². The maximum absolute atomic E-state index is 13.5. The van der Waals surface area contributed by atoms with Crippen molar-refractivity contribution in [2.45, 2.75) is 43.9 Å². The predicted molar refractivity (Wildman–Crippen MR) is 156 cm³/mol. The maximum Gasteiger partial charge on any atom is 0.261 e. The standard InChI is InChI=1S/C28H42N6O7S/c1-20-15-34(21(2)18-35)28(37)14-22-13-23(30-26(36)7-8-33-9-11-40-12-10-33)5-6-24(22)41-25(20)16-32(4)42(38,39)27-17-31(3)19-29-27/h5-6,13,17,19-21,25,35H,7-12,14-16,18H2,1-4H3,(H,30,36)/t20-,21-,25+/m1/s1. The molecule has 2 aliphatic heterocycles. The highest BCUT2D eigenvalue weighted by Crippen LogP contribution is 2.30. The lowest BCUT2D eigenvalue weighted by Crippen LogP contribution is -2.48. The molecule has 0 unspecified atom stereocenters. The van der Waals surface area contributed by atoms with Crippen LogP contribution < -0.4 is 10.1 Å². The Morgan fingerprint density at radius 1 is 1.29 bits per heavy atom. The van der Waals surface area contributed by atoms with Crippen molar-refractivity contribution in [1.29, 1.82) is 0 Å². The predicted octanol–water partition coefficient (Wildman–Crippen LogP) is 0.551. The molecule has 4 rings (SSSR count). The van der Waals surface area contributed by atoms with E-state index in [-0.39, 0.29) is 48.9 Å². The van der Waals surface area contributed by atoms with E-state index in [0.717, 1.165) is 13.1 Å². The van der Waals surface area contributed by atoms with E-state index in [1.54, 1.807) is 41.6 Å². The minimum Gasteiger partial charge on any atom is -0.488 e. The normalized spacial score (nSPS) is 21.2. The van der Waals surface area contributed by atoms with Gasteiger partial charge >= 0.3 is 0 Å². The first-order valence-corrected chi connectivity index (χ1v) is 15.7. The Labute approximate surface area is 247 Å². The first kappa shape index (κ1) is 31.9. The number of imidazole rings is 1. The van der Waals surface area contributed by atoms with E-state index < -0.39 is 22.2 Å². The molecule has 2 amide bonds. The number of aromatic nitrogens is 2. The van der Waals surface area contributed by atoms with Crippen molar-refractivity contribution in [2.75, 3.05) is 64.9 Å². The van der Waals surface area contributed by atoms with Gasteiger partial charge in [0.2, 0.25) is 11.8 Å². The number of fused-ring (bicyclic) bond motifs is 1. The maximum atomic E-state index is 13.5. The van der Waals surface area contributed by atoms with E-state index >= 15 is 0 Å². The first-order valence-electron chi connectivity index (χ1n) is 14.2. The number of aliphatic hydroxyl groups excluding tert-OH is 1. The Hall–Kier alpha value is -3.04. The fraction of sp³-hybridized carbons (Fsp3) is 0.607. The summed E-state index contributed by atoms with van der Waals surface area (Å²) in [5, 5.41) is 12.7. The van der Waals surface area contributed by atoms with Crippen molar-refractivity contribution in [3.8, 4) is 5.75 Å². The number of anilines is 1. The summed E-state index contributed by atoms with van der Waals surface area (Å²) in [6.45, 7) is 7.27. The van der Waals surface area contributed by atoms with Gasteiger partial charge in [0.1, 0.15) is 11.9 Å². The van der Waals surface area contributed by atoms with Gasteiger partial charge in [0, 0.05) is 70.1 Å². The average Bonchev–Trinajstić information content (AvgIpc) is 3.43. The van der Waals surface area contributed by atoms with E-state index in [9.17, 15) is 23.1 Å². The molecular weight excluding hydrogens is 564 g/mol. The Kier molecular flexibility index (Phi) is 10.6. The summed E-state index contributed by atoms with van der Waals surface area (Å²) in [6.07, 6.45) is 2.56. The third-order valence-corrected chi connectivity index (χ3v) is 9.46. The van der Waals surface area contributed by atoms with Gasteiger partial charge in [-0.25, -0.2) is 13.4 Å². The van der Waals surface area contributed by atoms with E-state index in [1.807, 2.05) is 6.92 Å². The Balaban J connectivity index is 1.55. The lowest BCUT2D eigenvalue weighted by Gasteiger charge is -2.33. The second-order valence-electron chi connectivity index (χ2n) is 11.1. The summed E-state index contributed by atoms with van der Waals surface area (Å²) in [4.78, 5) is 34.0. The fourth-order valence-corrected chi connectivity index (χ4v) is 6.21. The van der Waals surface area contributed by atoms with Crippen LogP contribution in [0.25, 0.3) is 0 Å². The molecule has 1 fully saturated rings. The molecule has 3 heterocycles. The molecule has 0 spiro atoms. The zero-order valence-corrected chi connectivity index (χ0v) is 25.5. The number of nitrogens with zero attached hydrogens (tertiary/aromatic N) is 5. The number of hydrogen-bond donors (Lipinski definition) is 2. The quantitative estimate of drug-likeness (QED) is 0.396. The van der Waals surface area contributed by atoms with Gasteiger partial charge < -0.3 is 29.4 Å². The van der Waals surface area contributed by atoms with Gasteiger partial charge in [-0.1, -0.05) is 6.92 Å². The van der Waals surface area contributed by atoms with Crippen LogP contribution in [0.4, 0.5) is 5.69 Å². The zero-order chi connectivity index (χ0) is 30.4. The number of morpholine rings is 1. The lowest BCUT2D eigenvalue weighted by molar-refractivity contribution is -0.134. The van der Waals surface area contributed by atoms with Crippen molar-refractivity contribution in [2.24, 2.45) is 13.0 Å². The molecule has 2 aromatic rings. The number of hydrogen-bond acceptors (Lipinski definition) is 9. The van der Waals surface area contributed by atoms with Gasteiger partial charge in [0.05, 0.1) is 45.2 Å². The number of sulfonamides is 1. The van der Waals surface area contributed by atoms with Gasteiger partial charge in [-0.15, -0.1) is 0 Å². The summed E-state index contributed by atoms with van der Waals surface area (Å²) in [6, 6.07) is 4.71. The monoisotopic (exact) mass is 606 g/mol. The van der Waals surface area contributed by atoms with Crippen LogP contribution in [0.5, 0.6) is 5.75 Å². The minimum atomic E-state index is -3.88. The molecular formula is C28H42N6O7S. The molecule has 1 saturated heterocycles. The Morgan fingerprint density at radius 3 is 2.69 bits per heavy atom. The number of rotatable bonds is 10. The molecule has 1 aromatic heterocycles.